The van der Waals surface area contributed by atoms with Gasteiger partial charge in [0, 0.05) is 17.8 Å². The number of ether oxygens (including phenoxy) is 2. The molecule has 1 fully saturated rings. The number of oxime groups is 1. The van der Waals surface area contributed by atoms with Gasteiger partial charge in [-0.3, -0.25) is 18.7 Å². The summed E-state index contributed by atoms with van der Waals surface area (Å²) in [5.74, 6) is -3.41. The number of fused-ring (bicyclic) bond motifs is 1. The summed E-state index contributed by atoms with van der Waals surface area (Å²) in [5, 5.41) is 13.4. The highest BCUT2D eigenvalue weighted by atomic mass is 32.2. The number of β-lactam (4-membered cyclic amide) rings is 1. The summed E-state index contributed by atoms with van der Waals surface area (Å²) in [5.41, 5.74) is 2.08. The maximum Gasteiger partial charge on any atom is 0.356 e. The Bertz CT molecular complexity index is 3090. The molecular formula is C56H49N7O8S3. The minimum Gasteiger partial charge on any atom is -0.457 e. The fourth-order valence-corrected chi connectivity index (χ4v) is 11.5. The summed E-state index contributed by atoms with van der Waals surface area (Å²) >= 11 is 2.36. The van der Waals surface area contributed by atoms with E-state index in [4.69, 9.17) is 19.3 Å². The molecule has 3 atom stereocenters. The minimum absolute atomic E-state index is 0.0417. The van der Waals surface area contributed by atoms with Crippen LogP contribution in [0.15, 0.2) is 209 Å². The van der Waals surface area contributed by atoms with Crippen LogP contribution in [-0.2, 0) is 49.8 Å². The zero-order valence-electron chi connectivity index (χ0n) is 40.3. The first-order chi connectivity index (χ1) is 35.9. The maximum absolute atomic E-state index is 14.7. The SMILES string of the molecule is CC(C)(C)OC(=O)CO/N=C(\C(=O)NC1C(=O)N2C(C(=O)OC(c3ccccc3)c3ccccc3)=C(/C=C/Sc3ncccn3)CS(=O)C12)c1csc(NC(c2ccccc2)(c2ccccc2)c2ccccc2)n1. The number of amides is 2. The Morgan fingerprint density at radius 1 is 0.811 bits per heavy atom. The predicted molar refractivity (Wildman–Crippen MR) is 284 cm³/mol. The van der Waals surface area contributed by atoms with E-state index >= 15 is 0 Å². The van der Waals surface area contributed by atoms with Crippen molar-refractivity contribution in [1.82, 2.24) is 25.2 Å². The number of benzene rings is 5. The van der Waals surface area contributed by atoms with Crippen molar-refractivity contribution in [3.63, 3.8) is 0 Å². The molecule has 374 valence electrons. The fraction of sp³-hybridized carbons (Fsp3) is 0.179. The quantitative estimate of drug-likeness (QED) is 0.0158. The number of hydrogen-bond donors (Lipinski definition) is 2. The number of allylic oxidation sites excluding steroid dienone is 1. The highest BCUT2D eigenvalue weighted by Crippen LogP contribution is 2.42. The van der Waals surface area contributed by atoms with Crippen LogP contribution in [0.4, 0.5) is 5.13 Å². The highest BCUT2D eigenvalue weighted by molar-refractivity contribution is 8.02. The standard InChI is InChI=1S/C56H49N7O8S3/c1-55(2,3)71-44(64)34-69-62-45(43-35-73-54(59-43)61-56(40-24-13-6-14-25-40,41-26-15-7-16-27-41)42-28-17-8-18-29-42)49(65)60-46-50(66)63-47(39(36-74(68)51(46)63)30-33-72-53-57-31-19-32-58-53)52(67)70-48(37-20-9-4-10-21-37)38-22-11-5-12-23-38/h4-33,35,46,48,51H,34,36H2,1-3H3,(H,59,61)(H,60,65)/b33-30+,62-45-. The van der Waals surface area contributed by atoms with E-state index in [1.54, 1.807) is 56.1 Å². The van der Waals surface area contributed by atoms with Crippen molar-refractivity contribution in [2.75, 3.05) is 17.7 Å². The van der Waals surface area contributed by atoms with Crippen LogP contribution >= 0.6 is 23.1 Å². The molecule has 3 unspecified atom stereocenters. The van der Waals surface area contributed by atoms with Crippen molar-refractivity contribution in [2.45, 2.75) is 54.6 Å². The van der Waals surface area contributed by atoms with E-state index in [1.165, 1.54) is 23.1 Å². The van der Waals surface area contributed by atoms with E-state index in [2.05, 4.69) is 25.8 Å². The van der Waals surface area contributed by atoms with Gasteiger partial charge in [-0.05, 0) is 71.7 Å². The van der Waals surface area contributed by atoms with Gasteiger partial charge in [-0.25, -0.2) is 24.5 Å². The minimum atomic E-state index is -1.86. The lowest BCUT2D eigenvalue weighted by atomic mass is 9.77. The first-order valence-electron chi connectivity index (χ1n) is 23.4. The third-order valence-corrected chi connectivity index (χ3v) is 14.8. The fourth-order valence-electron chi connectivity index (χ4n) is 8.51. The number of carbonyl (C=O) groups is 4. The number of thioether (sulfide) groups is 1. The Morgan fingerprint density at radius 2 is 1.35 bits per heavy atom. The number of carbonyl (C=O) groups excluding carboxylic acids is 4. The lowest BCUT2D eigenvalue weighted by Gasteiger charge is -2.49. The van der Waals surface area contributed by atoms with Crippen molar-refractivity contribution in [2.24, 2.45) is 5.16 Å². The van der Waals surface area contributed by atoms with Crippen molar-refractivity contribution < 1.29 is 37.7 Å². The second kappa shape index (κ2) is 22.8. The smallest absolute Gasteiger partial charge is 0.356 e. The zero-order chi connectivity index (χ0) is 51.7. The van der Waals surface area contributed by atoms with E-state index < -0.39 is 69.8 Å². The van der Waals surface area contributed by atoms with E-state index in [9.17, 15) is 23.4 Å². The molecule has 2 aliphatic heterocycles. The number of anilines is 1. The number of thiazole rings is 1. The average Bonchev–Trinajstić information content (AvgIpc) is 3.88. The Morgan fingerprint density at radius 3 is 1.89 bits per heavy atom. The summed E-state index contributed by atoms with van der Waals surface area (Å²) in [7, 11) is -1.86. The van der Waals surface area contributed by atoms with Crippen LogP contribution in [0, 0.1) is 0 Å². The van der Waals surface area contributed by atoms with Gasteiger partial charge in [0.15, 0.2) is 22.1 Å². The van der Waals surface area contributed by atoms with Gasteiger partial charge in [0.1, 0.15) is 33.9 Å². The van der Waals surface area contributed by atoms with Gasteiger partial charge in [0.2, 0.25) is 6.61 Å². The Kier molecular flexibility index (Phi) is 15.7. The number of hydrogen-bond acceptors (Lipinski definition) is 15. The van der Waals surface area contributed by atoms with Gasteiger partial charge < -0.3 is 24.9 Å². The van der Waals surface area contributed by atoms with Crippen LogP contribution in [0.3, 0.4) is 0 Å². The summed E-state index contributed by atoms with van der Waals surface area (Å²) in [6.45, 7) is 4.46. The first kappa shape index (κ1) is 50.9. The second-order valence-electron chi connectivity index (χ2n) is 17.8. The molecule has 0 radical (unpaired) electrons. The van der Waals surface area contributed by atoms with Gasteiger partial charge in [0.05, 0.1) is 16.6 Å². The largest absolute Gasteiger partial charge is 0.457 e. The predicted octanol–water partition coefficient (Wildman–Crippen LogP) is 8.71. The molecule has 1 saturated heterocycles. The molecule has 2 N–H and O–H groups in total. The Labute approximate surface area is 438 Å². The van der Waals surface area contributed by atoms with E-state index in [0.717, 1.165) is 21.6 Å². The summed E-state index contributed by atoms with van der Waals surface area (Å²) in [6.07, 6.45) is 3.90. The number of nitrogens with zero attached hydrogens (tertiary/aromatic N) is 5. The zero-order valence-corrected chi connectivity index (χ0v) is 42.7. The van der Waals surface area contributed by atoms with Crippen LogP contribution in [0.5, 0.6) is 0 Å². The third-order valence-electron chi connectivity index (χ3n) is 11.7. The summed E-state index contributed by atoms with van der Waals surface area (Å²) in [6, 6.07) is 48.3. The molecule has 4 heterocycles. The van der Waals surface area contributed by atoms with Crippen molar-refractivity contribution in [3.8, 4) is 0 Å². The monoisotopic (exact) mass is 1040 g/mol. The molecule has 0 saturated carbocycles. The molecule has 2 aromatic heterocycles. The second-order valence-corrected chi connectivity index (χ2v) is 21.1. The van der Waals surface area contributed by atoms with Crippen LogP contribution in [-0.4, -0.2) is 82.9 Å². The van der Waals surface area contributed by atoms with Crippen molar-refractivity contribution >= 4 is 68.5 Å². The molecule has 7 aromatic rings. The van der Waals surface area contributed by atoms with Crippen LogP contribution in [0.25, 0.3) is 0 Å². The molecule has 0 bridgehead atoms. The maximum atomic E-state index is 14.7. The number of aromatic nitrogens is 3. The first-order valence-corrected chi connectivity index (χ1v) is 26.5. The van der Waals surface area contributed by atoms with Crippen molar-refractivity contribution in [1.29, 1.82) is 0 Å². The van der Waals surface area contributed by atoms with Gasteiger partial charge in [-0.1, -0.05) is 169 Å². The molecule has 2 amide bonds. The van der Waals surface area contributed by atoms with Crippen LogP contribution in [0.1, 0.15) is 60.4 Å². The summed E-state index contributed by atoms with van der Waals surface area (Å²) in [4.78, 5) is 76.6. The molecular weight excluding hydrogens is 995 g/mol. The summed E-state index contributed by atoms with van der Waals surface area (Å²) < 4.78 is 26.0. The van der Waals surface area contributed by atoms with Crippen LogP contribution in [0.2, 0.25) is 0 Å². The molecule has 15 nitrogen and oxygen atoms in total. The molecule has 2 aliphatic rings. The van der Waals surface area contributed by atoms with Gasteiger partial charge >= 0.3 is 11.9 Å². The number of rotatable bonds is 18. The Balaban J connectivity index is 1.04. The van der Waals surface area contributed by atoms with Gasteiger partial charge in [0.25, 0.3) is 11.8 Å². The normalized spacial score (nSPS) is 16.8. The molecule has 5 aromatic carbocycles. The van der Waals surface area contributed by atoms with E-state index in [-0.39, 0.29) is 28.4 Å². The topological polar surface area (TPSA) is 191 Å². The molecule has 0 spiro atoms. The molecule has 18 heteroatoms. The van der Waals surface area contributed by atoms with Gasteiger partial charge in [-0.2, -0.15) is 0 Å². The van der Waals surface area contributed by atoms with E-state index in [0.29, 0.717) is 21.4 Å². The highest BCUT2D eigenvalue weighted by Gasteiger charge is 2.57. The lowest BCUT2D eigenvalue weighted by molar-refractivity contribution is -0.160. The van der Waals surface area contributed by atoms with Gasteiger partial charge in [-0.15, -0.1) is 11.3 Å². The Hall–Kier alpha value is -8.06. The molecule has 0 aliphatic carbocycles. The van der Waals surface area contributed by atoms with E-state index in [1.807, 2.05) is 152 Å². The lowest BCUT2D eigenvalue weighted by Crippen LogP contribution is -2.74. The number of esters is 2. The molecule has 9 rings (SSSR count). The molecule has 74 heavy (non-hydrogen) atoms. The number of nitrogens with one attached hydrogen (secondary N) is 2. The third kappa shape index (κ3) is 11.4. The van der Waals surface area contributed by atoms with Crippen molar-refractivity contribution in [3.05, 3.63) is 232 Å². The average molecular weight is 1040 g/mol. The van der Waals surface area contributed by atoms with Crippen LogP contribution < -0.4 is 10.6 Å².